The number of carbonyl (C=O) groups excluding carboxylic acids is 2. The van der Waals surface area contributed by atoms with Crippen LogP contribution in [-0.2, 0) is 19.4 Å². The van der Waals surface area contributed by atoms with Gasteiger partial charge in [0, 0.05) is 45.4 Å². The van der Waals surface area contributed by atoms with Crippen LogP contribution in [0.15, 0.2) is 0 Å². The lowest BCUT2D eigenvalue weighted by molar-refractivity contribution is -0.137. The number of hydrogen-bond acceptors (Lipinski definition) is 5. The van der Waals surface area contributed by atoms with Crippen molar-refractivity contribution in [1.29, 1.82) is 0 Å². The van der Waals surface area contributed by atoms with Crippen LogP contribution < -0.4 is 0 Å². The molecule has 3 aliphatic rings. The van der Waals surface area contributed by atoms with Crippen molar-refractivity contribution in [2.24, 2.45) is 11.3 Å². The van der Waals surface area contributed by atoms with E-state index in [1.807, 2.05) is 11.8 Å². The molecule has 0 saturated carbocycles. The molecule has 0 N–H and O–H groups in total. The maximum atomic E-state index is 13.1. The third-order valence-electron chi connectivity index (χ3n) is 6.38. The van der Waals surface area contributed by atoms with Gasteiger partial charge < -0.3 is 14.7 Å². The van der Waals surface area contributed by atoms with Crippen molar-refractivity contribution in [3.63, 3.8) is 0 Å². The van der Waals surface area contributed by atoms with Gasteiger partial charge in [-0.2, -0.15) is 0 Å². The first-order valence-electron chi connectivity index (χ1n) is 9.68. The molecular formula is C18H31N3O4S. The van der Waals surface area contributed by atoms with Gasteiger partial charge in [-0.25, -0.2) is 8.42 Å². The molecule has 0 bridgehead atoms. The Bertz CT molecular complexity index is 659. The van der Waals surface area contributed by atoms with E-state index in [9.17, 15) is 18.0 Å². The summed E-state index contributed by atoms with van der Waals surface area (Å²) in [6.07, 6.45) is 4.45. The molecule has 8 heteroatoms. The maximum Gasteiger partial charge on any atom is 0.231 e. The van der Waals surface area contributed by atoms with Crippen LogP contribution in [0.1, 0.15) is 32.6 Å². The number of carbonyl (C=O) groups is 2. The maximum absolute atomic E-state index is 13.1. The second-order valence-electron chi connectivity index (χ2n) is 8.30. The quantitative estimate of drug-likeness (QED) is 0.653. The number of rotatable bonds is 6. The first kappa shape index (κ1) is 19.6. The van der Waals surface area contributed by atoms with Gasteiger partial charge in [0.15, 0.2) is 0 Å². The summed E-state index contributed by atoms with van der Waals surface area (Å²) in [4.78, 5) is 31.6. The van der Waals surface area contributed by atoms with Gasteiger partial charge in [-0.1, -0.05) is 6.92 Å². The predicted molar refractivity (Wildman–Crippen MR) is 99.4 cm³/mol. The van der Waals surface area contributed by atoms with Crippen LogP contribution in [-0.4, -0.2) is 92.8 Å². The van der Waals surface area contributed by atoms with Gasteiger partial charge in [0.05, 0.1) is 11.2 Å². The number of sulfone groups is 1. The first-order valence-corrected chi connectivity index (χ1v) is 11.7. The van der Waals surface area contributed by atoms with Crippen molar-refractivity contribution in [3.05, 3.63) is 0 Å². The van der Waals surface area contributed by atoms with Crippen LogP contribution in [0.2, 0.25) is 0 Å². The third-order valence-corrected chi connectivity index (χ3v) is 7.32. The lowest BCUT2D eigenvalue weighted by Crippen LogP contribution is -2.42. The molecule has 148 valence electrons. The Morgan fingerprint density at radius 1 is 1.19 bits per heavy atom. The summed E-state index contributed by atoms with van der Waals surface area (Å²) < 4.78 is 22.6. The molecule has 3 saturated heterocycles. The topological polar surface area (TPSA) is 78.0 Å². The summed E-state index contributed by atoms with van der Waals surface area (Å²) >= 11 is 0. The zero-order chi connectivity index (χ0) is 18.9. The van der Waals surface area contributed by atoms with E-state index >= 15 is 0 Å². The van der Waals surface area contributed by atoms with E-state index < -0.39 is 15.3 Å². The molecule has 0 aliphatic carbocycles. The van der Waals surface area contributed by atoms with E-state index in [1.165, 1.54) is 12.8 Å². The molecule has 2 atom stereocenters. The normalized spacial score (nSPS) is 30.1. The largest absolute Gasteiger partial charge is 0.341 e. The molecule has 0 radical (unpaired) electrons. The zero-order valence-corrected chi connectivity index (χ0v) is 16.8. The van der Waals surface area contributed by atoms with Gasteiger partial charge in [-0.05, 0) is 38.3 Å². The molecular weight excluding hydrogens is 354 g/mol. The molecule has 3 fully saturated rings. The summed E-state index contributed by atoms with van der Waals surface area (Å²) in [5, 5.41) is 0. The smallest absolute Gasteiger partial charge is 0.231 e. The van der Waals surface area contributed by atoms with Crippen LogP contribution in [0.4, 0.5) is 0 Å². The molecule has 7 nitrogen and oxygen atoms in total. The van der Waals surface area contributed by atoms with Crippen molar-refractivity contribution in [3.8, 4) is 0 Å². The van der Waals surface area contributed by atoms with Crippen molar-refractivity contribution < 1.29 is 18.0 Å². The SMILES string of the molecule is C[C@@H]1CN(C(=O)CCS(C)(=O)=O)C[C@]12CCN(CCN1CCCC1)C2=O. The number of hydrogen-bond donors (Lipinski definition) is 0. The van der Waals surface area contributed by atoms with E-state index in [0.29, 0.717) is 13.1 Å². The number of amides is 2. The van der Waals surface area contributed by atoms with Crippen molar-refractivity contribution in [2.75, 3.05) is 57.8 Å². The van der Waals surface area contributed by atoms with Crippen molar-refractivity contribution in [1.82, 2.24) is 14.7 Å². The highest BCUT2D eigenvalue weighted by Gasteiger charge is 2.55. The van der Waals surface area contributed by atoms with E-state index in [1.54, 1.807) is 4.90 Å². The Hall–Kier alpha value is -1.15. The highest BCUT2D eigenvalue weighted by atomic mass is 32.2. The fourth-order valence-electron chi connectivity index (χ4n) is 4.63. The molecule has 0 aromatic heterocycles. The molecule has 3 heterocycles. The fourth-order valence-corrected chi connectivity index (χ4v) is 5.18. The monoisotopic (exact) mass is 385 g/mol. The van der Waals surface area contributed by atoms with Gasteiger partial charge in [-0.3, -0.25) is 9.59 Å². The Balaban J connectivity index is 1.57. The lowest BCUT2D eigenvalue weighted by Gasteiger charge is -2.27. The number of likely N-dealkylation sites (tertiary alicyclic amines) is 3. The van der Waals surface area contributed by atoms with Crippen LogP contribution in [0.25, 0.3) is 0 Å². The van der Waals surface area contributed by atoms with Gasteiger partial charge >= 0.3 is 0 Å². The lowest BCUT2D eigenvalue weighted by atomic mass is 9.78. The second kappa shape index (κ2) is 7.46. The Kier molecular flexibility index (Phi) is 5.63. The molecule has 2 amide bonds. The molecule has 3 aliphatic heterocycles. The van der Waals surface area contributed by atoms with Crippen LogP contribution in [0, 0.1) is 11.3 Å². The average Bonchev–Trinajstić information content (AvgIpc) is 3.26. The Labute approximate surface area is 156 Å². The average molecular weight is 386 g/mol. The van der Waals surface area contributed by atoms with E-state index in [4.69, 9.17) is 0 Å². The van der Waals surface area contributed by atoms with Crippen LogP contribution in [0.3, 0.4) is 0 Å². The first-order chi connectivity index (χ1) is 12.2. The minimum Gasteiger partial charge on any atom is -0.341 e. The van der Waals surface area contributed by atoms with Crippen LogP contribution in [0.5, 0.6) is 0 Å². The van der Waals surface area contributed by atoms with Gasteiger partial charge in [0.2, 0.25) is 11.8 Å². The fraction of sp³-hybridized carbons (Fsp3) is 0.889. The van der Waals surface area contributed by atoms with Gasteiger partial charge in [0.25, 0.3) is 0 Å². The molecule has 0 unspecified atom stereocenters. The summed E-state index contributed by atoms with van der Waals surface area (Å²) in [5.74, 6) is 0.0265. The Morgan fingerprint density at radius 3 is 2.54 bits per heavy atom. The summed E-state index contributed by atoms with van der Waals surface area (Å²) in [5.41, 5.74) is -0.467. The zero-order valence-electron chi connectivity index (χ0n) is 15.9. The van der Waals surface area contributed by atoms with Crippen molar-refractivity contribution in [2.45, 2.75) is 32.6 Å². The molecule has 26 heavy (non-hydrogen) atoms. The summed E-state index contributed by atoms with van der Waals surface area (Å²) in [7, 11) is -3.15. The van der Waals surface area contributed by atoms with E-state index in [-0.39, 0.29) is 29.9 Å². The minimum atomic E-state index is -3.15. The highest BCUT2D eigenvalue weighted by molar-refractivity contribution is 7.90. The van der Waals surface area contributed by atoms with E-state index in [2.05, 4.69) is 4.90 Å². The van der Waals surface area contributed by atoms with Crippen LogP contribution >= 0.6 is 0 Å². The standard InChI is InChI=1S/C18H31N3O4S/c1-15-13-21(16(22)5-12-26(2,24)25)14-18(15)6-9-20(17(18)23)11-10-19-7-3-4-8-19/h15H,3-14H2,1-2H3/t15-,18-/m1/s1. The number of nitrogens with zero attached hydrogens (tertiary/aromatic N) is 3. The van der Waals surface area contributed by atoms with Gasteiger partial charge in [0.1, 0.15) is 9.84 Å². The third kappa shape index (κ3) is 4.06. The van der Waals surface area contributed by atoms with Crippen molar-refractivity contribution >= 4 is 21.7 Å². The summed E-state index contributed by atoms with van der Waals surface area (Å²) in [6.45, 7) is 7.78. The molecule has 0 aromatic carbocycles. The highest BCUT2D eigenvalue weighted by Crippen LogP contribution is 2.44. The molecule has 3 rings (SSSR count). The predicted octanol–water partition coefficient (Wildman–Crippen LogP) is 0.214. The van der Waals surface area contributed by atoms with E-state index in [0.717, 1.165) is 45.4 Å². The molecule has 0 aromatic rings. The molecule has 1 spiro atoms. The summed E-state index contributed by atoms with van der Waals surface area (Å²) in [6, 6.07) is 0. The minimum absolute atomic E-state index is 0.00843. The van der Waals surface area contributed by atoms with Gasteiger partial charge in [-0.15, -0.1) is 0 Å². The Morgan fingerprint density at radius 2 is 1.88 bits per heavy atom. The second-order valence-corrected chi connectivity index (χ2v) is 10.6.